The van der Waals surface area contributed by atoms with Gasteiger partial charge in [0, 0.05) is 32.7 Å². The number of aryl methyl sites for hydroxylation is 2. The Labute approximate surface area is 110 Å². The van der Waals surface area contributed by atoms with Crippen LogP contribution in [0.1, 0.15) is 16.7 Å². The molecule has 0 aliphatic carbocycles. The Morgan fingerprint density at radius 1 is 1.22 bits per heavy atom. The second-order valence-electron chi connectivity index (χ2n) is 5.07. The monoisotopic (exact) mass is 248 g/mol. The first-order valence-corrected chi connectivity index (χ1v) is 6.82. The Morgan fingerprint density at radius 3 is 2.78 bits per heavy atom. The molecule has 0 aromatic heterocycles. The molecular formula is C15H24N2O. The number of benzene rings is 1. The summed E-state index contributed by atoms with van der Waals surface area (Å²) in [7, 11) is 0. The Kier molecular flexibility index (Phi) is 5.17. The van der Waals surface area contributed by atoms with Gasteiger partial charge in [-0.3, -0.25) is 4.90 Å². The maximum atomic E-state index is 5.80. The lowest BCUT2D eigenvalue weighted by Crippen LogP contribution is -2.44. The molecule has 3 heteroatoms. The summed E-state index contributed by atoms with van der Waals surface area (Å²) in [5.74, 6) is 0. The molecule has 0 bridgehead atoms. The number of rotatable bonds is 5. The van der Waals surface area contributed by atoms with Crippen LogP contribution in [0, 0.1) is 13.8 Å². The van der Waals surface area contributed by atoms with Crippen LogP contribution in [-0.2, 0) is 11.3 Å². The van der Waals surface area contributed by atoms with Gasteiger partial charge in [-0.2, -0.15) is 0 Å². The lowest BCUT2D eigenvalue weighted by molar-refractivity contribution is 0.0883. The number of hydrogen-bond donors (Lipinski definition) is 1. The van der Waals surface area contributed by atoms with E-state index < -0.39 is 0 Å². The first kappa shape index (κ1) is 13.5. The highest BCUT2D eigenvalue weighted by molar-refractivity contribution is 5.29. The van der Waals surface area contributed by atoms with Crippen molar-refractivity contribution < 1.29 is 4.74 Å². The molecular weight excluding hydrogens is 224 g/mol. The minimum Gasteiger partial charge on any atom is -0.375 e. The number of hydrogen-bond acceptors (Lipinski definition) is 3. The van der Waals surface area contributed by atoms with E-state index >= 15 is 0 Å². The first-order valence-electron chi connectivity index (χ1n) is 6.82. The van der Waals surface area contributed by atoms with Crippen molar-refractivity contribution in [3.05, 3.63) is 34.9 Å². The summed E-state index contributed by atoms with van der Waals surface area (Å²) in [6.07, 6.45) is 0. The highest BCUT2D eigenvalue weighted by Gasteiger charge is 2.08. The van der Waals surface area contributed by atoms with Crippen LogP contribution < -0.4 is 5.32 Å². The molecule has 0 spiro atoms. The summed E-state index contributed by atoms with van der Waals surface area (Å²) in [5.41, 5.74) is 3.94. The van der Waals surface area contributed by atoms with E-state index in [1.807, 2.05) is 0 Å². The summed E-state index contributed by atoms with van der Waals surface area (Å²) >= 11 is 0. The number of nitrogens with one attached hydrogen (secondary N) is 1. The Hall–Kier alpha value is -0.900. The second-order valence-corrected chi connectivity index (χ2v) is 5.07. The van der Waals surface area contributed by atoms with Crippen LogP contribution in [-0.4, -0.2) is 44.2 Å². The van der Waals surface area contributed by atoms with Crippen LogP contribution in [0.2, 0.25) is 0 Å². The van der Waals surface area contributed by atoms with E-state index in [1.54, 1.807) is 0 Å². The van der Waals surface area contributed by atoms with Crippen molar-refractivity contribution in [3.8, 4) is 0 Å². The Balaban J connectivity index is 1.69. The van der Waals surface area contributed by atoms with Crippen LogP contribution in [0.3, 0.4) is 0 Å². The van der Waals surface area contributed by atoms with Gasteiger partial charge in [0.2, 0.25) is 0 Å². The van der Waals surface area contributed by atoms with Crippen LogP contribution in [0.4, 0.5) is 0 Å². The van der Waals surface area contributed by atoms with Crippen molar-refractivity contribution in [2.75, 3.05) is 39.3 Å². The normalized spacial score (nSPS) is 17.0. The molecule has 100 valence electrons. The Morgan fingerprint density at radius 2 is 2.00 bits per heavy atom. The summed E-state index contributed by atoms with van der Waals surface area (Å²) in [6.45, 7) is 11.4. The molecule has 2 rings (SSSR count). The van der Waals surface area contributed by atoms with Gasteiger partial charge < -0.3 is 10.1 Å². The van der Waals surface area contributed by atoms with E-state index in [2.05, 4.69) is 42.3 Å². The largest absolute Gasteiger partial charge is 0.375 e. The van der Waals surface area contributed by atoms with Crippen molar-refractivity contribution in [3.63, 3.8) is 0 Å². The SMILES string of the molecule is Cc1ccc(C)c(COCCN2CCNCC2)c1. The third-order valence-corrected chi connectivity index (χ3v) is 3.52. The molecule has 1 aromatic carbocycles. The van der Waals surface area contributed by atoms with Gasteiger partial charge in [0.1, 0.15) is 0 Å². The van der Waals surface area contributed by atoms with Crippen LogP contribution in [0.15, 0.2) is 18.2 Å². The quantitative estimate of drug-likeness (QED) is 0.803. The van der Waals surface area contributed by atoms with Crippen molar-refractivity contribution in [2.45, 2.75) is 20.5 Å². The standard InChI is InChI=1S/C15H24N2O/c1-13-3-4-14(2)15(11-13)12-18-10-9-17-7-5-16-6-8-17/h3-4,11,16H,5-10,12H2,1-2H3. The number of ether oxygens (including phenoxy) is 1. The number of piperazine rings is 1. The third-order valence-electron chi connectivity index (χ3n) is 3.52. The van der Waals surface area contributed by atoms with E-state index in [9.17, 15) is 0 Å². The van der Waals surface area contributed by atoms with Gasteiger partial charge in [-0.1, -0.05) is 23.8 Å². The molecule has 0 radical (unpaired) electrons. The first-order chi connectivity index (χ1) is 8.75. The minimum absolute atomic E-state index is 0.736. The maximum Gasteiger partial charge on any atom is 0.0720 e. The van der Waals surface area contributed by atoms with Gasteiger partial charge in [0.15, 0.2) is 0 Å². The average molecular weight is 248 g/mol. The zero-order valence-electron chi connectivity index (χ0n) is 11.5. The summed E-state index contributed by atoms with van der Waals surface area (Å²) in [6, 6.07) is 6.55. The highest BCUT2D eigenvalue weighted by Crippen LogP contribution is 2.11. The minimum atomic E-state index is 0.736. The fraction of sp³-hybridized carbons (Fsp3) is 0.600. The fourth-order valence-electron chi connectivity index (χ4n) is 2.27. The van der Waals surface area contributed by atoms with Gasteiger partial charge in [-0.05, 0) is 25.0 Å². The van der Waals surface area contributed by atoms with E-state index in [0.29, 0.717) is 0 Å². The molecule has 0 amide bonds. The van der Waals surface area contributed by atoms with Gasteiger partial charge in [-0.25, -0.2) is 0 Å². The molecule has 0 saturated carbocycles. The van der Waals surface area contributed by atoms with Crippen molar-refractivity contribution >= 4 is 0 Å². The zero-order chi connectivity index (χ0) is 12.8. The van der Waals surface area contributed by atoms with Crippen LogP contribution in [0.5, 0.6) is 0 Å². The molecule has 1 N–H and O–H groups in total. The zero-order valence-corrected chi connectivity index (χ0v) is 11.5. The molecule has 1 saturated heterocycles. The van der Waals surface area contributed by atoms with Gasteiger partial charge in [0.05, 0.1) is 13.2 Å². The van der Waals surface area contributed by atoms with Gasteiger partial charge in [-0.15, -0.1) is 0 Å². The number of nitrogens with zero attached hydrogens (tertiary/aromatic N) is 1. The van der Waals surface area contributed by atoms with E-state index in [-0.39, 0.29) is 0 Å². The van der Waals surface area contributed by atoms with Gasteiger partial charge in [0.25, 0.3) is 0 Å². The average Bonchev–Trinajstić information content (AvgIpc) is 2.40. The molecule has 0 unspecified atom stereocenters. The lowest BCUT2D eigenvalue weighted by Gasteiger charge is -2.26. The second kappa shape index (κ2) is 6.88. The molecule has 3 nitrogen and oxygen atoms in total. The van der Waals surface area contributed by atoms with E-state index in [4.69, 9.17) is 4.74 Å². The van der Waals surface area contributed by atoms with Crippen LogP contribution >= 0.6 is 0 Å². The molecule has 1 heterocycles. The smallest absolute Gasteiger partial charge is 0.0720 e. The van der Waals surface area contributed by atoms with Crippen LogP contribution in [0.25, 0.3) is 0 Å². The summed E-state index contributed by atoms with van der Waals surface area (Å²) in [5, 5.41) is 3.36. The van der Waals surface area contributed by atoms with Crippen molar-refractivity contribution in [2.24, 2.45) is 0 Å². The Bertz CT molecular complexity index is 373. The third kappa shape index (κ3) is 4.09. The topological polar surface area (TPSA) is 24.5 Å². The molecule has 1 aromatic rings. The predicted octanol–water partition coefficient (Wildman–Crippen LogP) is 1.73. The van der Waals surface area contributed by atoms with E-state index in [1.165, 1.54) is 16.7 Å². The summed E-state index contributed by atoms with van der Waals surface area (Å²) < 4.78 is 5.80. The van der Waals surface area contributed by atoms with Crippen molar-refractivity contribution in [1.29, 1.82) is 0 Å². The molecule has 1 aliphatic rings. The highest BCUT2D eigenvalue weighted by atomic mass is 16.5. The molecule has 1 fully saturated rings. The van der Waals surface area contributed by atoms with Gasteiger partial charge >= 0.3 is 0 Å². The fourth-order valence-corrected chi connectivity index (χ4v) is 2.27. The predicted molar refractivity (Wildman–Crippen MR) is 74.9 cm³/mol. The molecule has 0 atom stereocenters. The van der Waals surface area contributed by atoms with E-state index in [0.717, 1.165) is 45.9 Å². The molecule has 18 heavy (non-hydrogen) atoms. The molecule has 1 aliphatic heterocycles. The van der Waals surface area contributed by atoms with Crippen molar-refractivity contribution in [1.82, 2.24) is 10.2 Å². The summed E-state index contributed by atoms with van der Waals surface area (Å²) in [4.78, 5) is 2.46. The maximum absolute atomic E-state index is 5.80. The lowest BCUT2D eigenvalue weighted by atomic mass is 10.1.